The third-order valence-electron chi connectivity index (χ3n) is 1.59. The second kappa shape index (κ2) is 3.29. The number of ketones is 1. The molecule has 70 valence electrons. The molecule has 7 heteroatoms. The van der Waals surface area contributed by atoms with Crippen LogP contribution in [0.15, 0.2) is 18.5 Å². The zero-order valence-electron chi connectivity index (χ0n) is 7.32. The lowest BCUT2D eigenvalue weighted by molar-refractivity contribution is 0.101. The van der Waals surface area contributed by atoms with Crippen LogP contribution >= 0.6 is 0 Å². The van der Waals surface area contributed by atoms with Crippen molar-refractivity contribution >= 4 is 5.78 Å². The molecule has 0 bridgehead atoms. The fourth-order valence-corrected chi connectivity index (χ4v) is 0.901. The zero-order valence-corrected chi connectivity index (χ0v) is 7.32. The molecule has 2 rings (SSSR count). The molecule has 0 aliphatic heterocycles. The summed E-state index contributed by atoms with van der Waals surface area (Å²) in [6, 6.07) is 3.20. The lowest BCUT2D eigenvalue weighted by Crippen LogP contribution is -2.04. The number of carbonyl (C=O) groups is 1. The summed E-state index contributed by atoms with van der Waals surface area (Å²) in [5, 5.41) is 18.0. The highest BCUT2D eigenvalue weighted by Gasteiger charge is 2.03. The fraction of sp³-hybridized carbons (Fsp3) is 0.143. The molecule has 0 amide bonds. The summed E-state index contributed by atoms with van der Waals surface area (Å²) >= 11 is 0. The van der Waals surface area contributed by atoms with E-state index in [-0.39, 0.29) is 5.78 Å². The van der Waals surface area contributed by atoms with Crippen LogP contribution in [0.2, 0.25) is 0 Å². The van der Waals surface area contributed by atoms with Gasteiger partial charge in [-0.2, -0.15) is 4.68 Å². The van der Waals surface area contributed by atoms with Crippen LogP contribution in [0.25, 0.3) is 5.82 Å². The maximum absolute atomic E-state index is 10.9. The fourth-order valence-electron chi connectivity index (χ4n) is 0.901. The number of aromatic nitrogens is 6. The number of rotatable bonds is 2. The molecule has 2 aromatic rings. The van der Waals surface area contributed by atoms with Crippen molar-refractivity contribution in [1.29, 1.82) is 0 Å². The average molecular weight is 190 g/mol. The first-order valence-electron chi connectivity index (χ1n) is 3.85. The van der Waals surface area contributed by atoms with Crippen molar-refractivity contribution in [1.82, 2.24) is 30.4 Å². The number of nitrogens with zero attached hydrogens (tertiary/aromatic N) is 6. The lowest BCUT2D eigenvalue weighted by atomic mass is 10.3. The van der Waals surface area contributed by atoms with Gasteiger partial charge in [-0.25, -0.2) is 0 Å². The van der Waals surface area contributed by atoms with Crippen LogP contribution in [-0.2, 0) is 0 Å². The van der Waals surface area contributed by atoms with Gasteiger partial charge in [0.05, 0.1) is 0 Å². The topological polar surface area (TPSA) is 86.5 Å². The molecular formula is C7H6N6O. The summed E-state index contributed by atoms with van der Waals surface area (Å²) in [7, 11) is 0. The number of hydrogen-bond acceptors (Lipinski definition) is 6. The zero-order chi connectivity index (χ0) is 9.97. The number of tetrazole rings is 1. The summed E-state index contributed by atoms with van der Waals surface area (Å²) in [5.41, 5.74) is 0.321. The van der Waals surface area contributed by atoms with Gasteiger partial charge in [0.1, 0.15) is 12.0 Å². The predicted octanol–water partition coefficient (Wildman–Crippen LogP) is -0.345. The van der Waals surface area contributed by atoms with Crippen LogP contribution in [0.4, 0.5) is 0 Å². The van der Waals surface area contributed by atoms with Gasteiger partial charge in [0.2, 0.25) is 0 Å². The standard InChI is InChI=1S/C7H6N6O/c1-5(14)6-2-3-7(10-9-6)13-4-8-11-12-13/h2-4H,1H3. The van der Waals surface area contributed by atoms with Crippen molar-refractivity contribution < 1.29 is 4.79 Å². The number of Topliss-reactive ketones (excluding diaryl/α,β-unsaturated/α-hetero) is 1. The molecule has 0 aliphatic carbocycles. The smallest absolute Gasteiger partial charge is 0.180 e. The van der Waals surface area contributed by atoms with Gasteiger partial charge in [-0.15, -0.1) is 15.3 Å². The predicted molar refractivity (Wildman–Crippen MR) is 44.7 cm³/mol. The Morgan fingerprint density at radius 3 is 2.71 bits per heavy atom. The Bertz CT molecular complexity index is 434. The second-order valence-electron chi connectivity index (χ2n) is 2.59. The Labute approximate surface area is 78.8 Å². The van der Waals surface area contributed by atoms with E-state index in [2.05, 4.69) is 25.7 Å². The number of carbonyl (C=O) groups excluding carboxylic acids is 1. The van der Waals surface area contributed by atoms with Crippen LogP contribution in [-0.4, -0.2) is 36.2 Å². The van der Waals surface area contributed by atoms with Gasteiger partial charge in [0.25, 0.3) is 0 Å². The average Bonchev–Trinajstić information content (AvgIpc) is 2.71. The van der Waals surface area contributed by atoms with E-state index in [1.807, 2.05) is 0 Å². The van der Waals surface area contributed by atoms with Crippen LogP contribution in [0.3, 0.4) is 0 Å². The van der Waals surface area contributed by atoms with Crippen molar-refractivity contribution in [3.63, 3.8) is 0 Å². The normalized spacial score (nSPS) is 10.1. The quantitative estimate of drug-likeness (QED) is 0.602. The van der Waals surface area contributed by atoms with E-state index < -0.39 is 0 Å². The molecule has 0 radical (unpaired) electrons. The molecular weight excluding hydrogens is 184 g/mol. The minimum atomic E-state index is -0.124. The Kier molecular flexibility index (Phi) is 1.98. The Morgan fingerprint density at radius 2 is 2.21 bits per heavy atom. The van der Waals surface area contributed by atoms with Crippen LogP contribution < -0.4 is 0 Å². The van der Waals surface area contributed by atoms with E-state index in [1.165, 1.54) is 17.9 Å². The maximum atomic E-state index is 10.9. The molecule has 0 atom stereocenters. The SMILES string of the molecule is CC(=O)c1ccc(-n2cnnn2)nn1. The van der Waals surface area contributed by atoms with Crippen LogP contribution in [0, 0.1) is 0 Å². The van der Waals surface area contributed by atoms with Crippen LogP contribution in [0.1, 0.15) is 17.4 Å². The van der Waals surface area contributed by atoms with Gasteiger partial charge in [0, 0.05) is 6.92 Å². The molecule has 0 aliphatic rings. The van der Waals surface area contributed by atoms with Gasteiger partial charge in [-0.05, 0) is 22.6 Å². The van der Waals surface area contributed by atoms with E-state index in [9.17, 15) is 4.79 Å². The first kappa shape index (κ1) is 8.42. The minimum absolute atomic E-state index is 0.124. The van der Waals surface area contributed by atoms with Crippen molar-refractivity contribution in [2.24, 2.45) is 0 Å². The van der Waals surface area contributed by atoms with E-state index in [0.717, 1.165) is 0 Å². The van der Waals surface area contributed by atoms with Crippen LogP contribution in [0.5, 0.6) is 0 Å². The summed E-state index contributed by atoms with van der Waals surface area (Å²) < 4.78 is 1.36. The van der Waals surface area contributed by atoms with Gasteiger partial charge >= 0.3 is 0 Å². The molecule has 2 heterocycles. The molecule has 0 unspecified atom stereocenters. The third-order valence-corrected chi connectivity index (χ3v) is 1.59. The molecule has 0 fully saturated rings. The van der Waals surface area contributed by atoms with Gasteiger partial charge in [0.15, 0.2) is 11.6 Å². The summed E-state index contributed by atoms with van der Waals surface area (Å²) in [4.78, 5) is 10.9. The highest BCUT2D eigenvalue weighted by Crippen LogP contribution is 2.00. The lowest BCUT2D eigenvalue weighted by Gasteiger charge is -1.96. The van der Waals surface area contributed by atoms with E-state index >= 15 is 0 Å². The summed E-state index contributed by atoms with van der Waals surface area (Å²) in [6.45, 7) is 1.43. The maximum Gasteiger partial charge on any atom is 0.180 e. The van der Waals surface area contributed by atoms with Gasteiger partial charge < -0.3 is 0 Å². The van der Waals surface area contributed by atoms with Crippen molar-refractivity contribution in [2.75, 3.05) is 0 Å². The highest BCUT2D eigenvalue weighted by molar-refractivity contribution is 5.91. The monoisotopic (exact) mass is 190 g/mol. The number of hydrogen-bond donors (Lipinski definition) is 0. The van der Waals surface area contributed by atoms with E-state index in [1.54, 1.807) is 12.1 Å². The summed E-state index contributed by atoms with van der Waals surface area (Å²) in [5.74, 6) is 0.348. The van der Waals surface area contributed by atoms with Gasteiger partial charge in [-0.1, -0.05) is 0 Å². The molecule has 0 N–H and O–H groups in total. The van der Waals surface area contributed by atoms with Crippen molar-refractivity contribution in [2.45, 2.75) is 6.92 Å². The Hall–Kier alpha value is -2.18. The first-order chi connectivity index (χ1) is 6.77. The highest BCUT2D eigenvalue weighted by atomic mass is 16.1. The largest absolute Gasteiger partial charge is 0.293 e. The first-order valence-corrected chi connectivity index (χ1v) is 3.85. The molecule has 0 saturated heterocycles. The third kappa shape index (κ3) is 1.47. The molecule has 7 nitrogen and oxygen atoms in total. The molecule has 14 heavy (non-hydrogen) atoms. The van der Waals surface area contributed by atoms with Crippen molar-refractivity contribution in [3.8, 4) is 5.82 Å². The van der Waals surface area contributed by atoms with E-state index in [4.69, 9.17) is 0 Å². The van der Waals surface area contributed by atoms with Gasteiger partial charge in [-0.3, -0.25) is 4.79 Å². The second-order valence-corrected chi connectivity index (χ2v) is 2.59. The Morgan fingerprint density at radius 1 is 1.36 bits per heavy atom. The van der Waals surface area contributed by atoms with E-state index in [0.29, 0.717) is 11.5 Å². The van der Waals surface area contributed by atoms with Crippen molar-refractivity contribution in [3.05, 3.63) is 24.2 Å². The molecule has 0 aromatic carbocycles. The molecule has 0 spiro atoms. The minimum Gasteiger partial charge on any atom is -0.293 e. The summed E-state index contributed by atoms with van der Waals surface area (Å²) in [6.07, 6.45) is 1.40. The molecule has 0 saturated carbocycles. The molecule has 2 aromatic heterocycles. The Balaban J connectivity index is 2.36.